The number of alkyl halides is 1. The fourth-order valence-electron chi connectivity index (χ4n) is 2.49. The van der Waals surface area contributed by atoms with Gasteiger partial charge < -0.3 is 5.32 Å². The Balaban J connectivity index is 2.02. The van der Waals surface area contributed by atoms with Crippen LogP contribution in [0.4, 0.5) is 0 Å². The second-order valence-electron chi connectivity index (χ2n) is 4.94. The van der Waals surface area contributed by atoms with Gasteiger partial charge in [0.15, 0.2) is 0 Å². The standard InChI is InChI=1S/C14H19ClN2O/c1-10-5-4-8-13(16-10)14(18)17-12-7-3-2-6-11(12)9-15/h4-5,8,11-12H,2-3,6-7,9H2,1H3,(H,17,18). The number of pyridine rings is 1. The highest BCUT2D eigenvalue weighted by atomic mass is 35.5. The largest absolute Gasteiger partial charge is 0.348 e. The summed E-state index contributed by atoms with van der Waals surface area (Å²) in [4.78, 5) is 16.4. The molecule has 4 heteroatoms. The quantitative estimate of drug-likeness (QED) is 0.855. The molecule has 0 saturated heterocycles. The summed E-state index contributed by atoms with van der Waals surface area (Å²) in [6.07, 6.45) is 4.51. The van der Waals surface area contributed by atoms with Crippen molar-refractivity contribution in [3.8, 4) is 0 Å². The van der Waals surface area contributed by atoms with Gasteiger partial charge in [-0.3, -0.25) is 4.79 Å². The third-order valence-corrected chi connectivity index (χ3v) is 3.94. The van der Waals surface area contributed by atoms with Crippen LogP contribution in [0, 0.1) is 12.8 Å². The van der Waals surface area contributed by atoms with Crippen molar-refractivity contribution in [3.63, 3.8) is 0 Å². The number of carbonyl (C=O) groups excluding carboxylic acids is 1. The summed E-state index contributed by atoms with van der Waals surface area (Å²) < 4.78 is 0. The summed E-state index contributed by atoms with van der Waals surface area (Å²) in [6.45, 7) is 1.89. The summed E-state index contributed by atoms with van der Waals surface area (Å²) in [7, 11) is 0. The molecule has 2 unspecified atom stereocenters. The van der Waals surface area contributed by atoms with Crippen LogP contribution in [0.25, 0.3) is 0 Å². The molecular formula is C14H19ClN2O. The van der Waals surface area contributed by atoms with Crippen LogP contribution in [-0.2, 0) is 0 Å². The minimum atomic E-state index is -0.0827. The summed E-state index contributed by atoms with van der Waals surface area (Å²) in [5.74, 6) is 0.932. The molecule has 0 aliphatic heterocycles. The first kappa shape index (κ1) is 13.3. The van der Waals surface area contributed by atoms with E-state index in [1.165, 1.54) is 12.8 Å². The van der Waals surface area contributed by atoms with Crippen LogP contribution in [0.5, 0.6) is 0 Å². The van der Waals surface area contributed by atoms with E-state index in [0.29, 0.717) is 17.5 Å². The van der Waals surface area contributed by atoms with E-state index in [1.54, 1.807) is 6.07 Å². The van der Waals surface area contributed by atoms with Gasteiger partial charge in [-0.05, 0) is 37.8 Å². The maximum absolute atomic E-state index is 12.1. The van der Waals surface area contributed by atoms with Gasteiger partial charge in [-0.1, -0.05) is 18.9 Å². The number of carbonyl (C=O) groups is 1. The molecule has 1 aliphatic rings. The molecule has 1 fully saturated rings. The van der Waals surface area contributed by atoms with Crippen molar-refractivity contribution in [2.75, 3.05) is 5.88 Å². The van der Waals surface area contributed by atoms with Crippen molar-refractivity contribution in [1.29, 1.82) is 0 Å². The van der Waals surface area contributed by atoms with E-state index in [0.717, 1.165) is 18.5 Å². The lowest BCUT2D eigenvalue weighted by atomic mass is 9.85. The molecule has 0 aromatic carbocycles. The van der Waals surface area contributed by atoms with Gasteiger partial charge in [0, 0.05) is 17.6 Å². The highest BCUT2D eigenvalue weighted by Gasteiger charge is 2.26. The van der Waals surface area contributed by atoms with Crippen LogP contribution < -0.4 is 5.32 Å². The smallest absolute Gasteiger partial charge is 0.270 e. The van der Waals surface area contributed by atoms with Gasteiger partial charge in [-0.15, -0.1) is 11.6 Å². The van der Waals surface area contributed by atoms with Gasteiger partial charge in [-0.2, -0.15) is 0 Å². The van der Waals surface area contributed by atoms with Crippen LogP contribution in [0.15, 0.2) is 18.2 Å². The Hall–Kier alpha value is -1.09. The number of nitrogens with one attached hydrogen (secondary N) is 1. The van der Waals surface area contributed by atoms with Gasteiger partial charge in [0.1, 0.15) is 5.69 Å². The lowest BCUT2D eigenvalue weighted by molar-refractivity contribution is 0.0906. The van der Waals surface area contributed by atoms with Crippen molar-refractivity contribution in [2.45, 2.75) is 38.6 Å². The molecule has 0 bridgehead atoms. The first-order valence-electron chi connectivity index (χ1n) is 6.51. The number of nitrogens with zero attached hydrogens (tertiary/aromatic N) is 1. The summed E-state index contributed by atoms with van der Waals surface area (Å²) >= 11 is 5.96. The number of amides is 1. The zero-order valence-corrected chi connectivity index (χ0v) is 11.4. The third kappa shape index (κ3) is 3.22. The van der Waals surface area contributed by atoms with Gasteiger partial charge in [-0.25, -0.2) is 4.98 Å². The Morgan fingerprint density at radius 2 is 2.22 bits per heavy atom. The first-order valence-corrected chi connectivity index (χ1v) is 7.04. The predicted molar refractivity (Wildman–Crippen MR) is 72.9 cm³/mol. The monoisotopic (exact) mass is 266 g/mol. The normalized spacial score (nSPS) is 23.7. The fourth-order valence-corrected chi connectivity index (χ4v) is 2.86. The minimum absolute atomic E-state index is 0.0827. The molecule has 3 nitrogen and oxygen atoms in total. The second kappa shape index (κ2) is 6.19. The molecule has 1 saturated carbocycles. The van der Waals surface area contributed by atoms with Gasteiger partial charge in [0.05, 0.1) is 0 Å². The molecule has 1 amide bonds. The first-order chi connectivity index (χ1) is 8.70. The molecule has 1 N–H and O–H groups in total. The number of halogens is 1. The van der Waals surface area contributed by atoms with Crippen molar-refractivity contribution in [3.05, 3.63) is 29.6 Å². The van der Waals surface area contributed by atoms with Gasteiger partial charge in [0.25, 0.3) is 5.91 Å². The van der Waals surface area contributed by atoms with E-state index in [9.17, 15) is 4.79 Å². The molecular weight excluding hydrogens is 248 g/mol. The fraction of sp³-hybridized carbons (Fsp3) is 0.571. The lowest BCUT2D eigenvalue weighted by Crippen LogP contribution is -2.43. The van der Waals surface area contributed by atoms with Crippen molar-refractivity contribution in [1.82, 2.24) is 10.3 Å². The predicted octanol–water partition coefficient (Wildman–Crippen LogP) is 2.92. The Bertz CT molecular complexity index is 422. The summed E-state index contributed by atoms with van der Waals surface area (Å²) in [6, 6.07) is 5.70. The zero-order chi connectivity index (χ0) is 13.0. The molecule has 2 rings (SSSR count). The van der Waals surface area contributed by atoms with Gasteiger partial charge in [0.2, 0.25) is 0 Å². The minimum Gasteiger partial charge on any atom is -0.348 e. The van der Waals surface area contributed by atoms with E-state index in [4.69, 9.17) is 11.6 Å². The van der Waals surface area contributed by atoms with Crippen LogP contribution in [0.2, 0.25) is 0 Å². The molecule has 1 aliphatic carbocycles. The highest BCUT2D eigenvalue weighted by Crippen LogP contribution is 2.25. The van der Waals surface area contributed by atoms with E-state index < -0.39 is 0 Å². The van der Waals surface area contributed by atoms with Crippen molar-refractivity contribution < 1.29 is 4.79 Å². The average molecular weight is 267 g/mol. The van der Waals surface area contributed by atoms with Crippen molar-refractivity contribution >= 4 is 17.5 Å². The van der Waals surface area contributed by atoms with E-state index in [1.807, 2.05) is 19.1 Å². The second-order valence-corrected chi connectivity index (χ2v) is 5.25. The summed E-state index contributed by atoms with van der Waals surface area (Å²) in [5, 5.41) is 3.08. The van der Waals surface area contributed by atoms with Crippen LogP contribution in [0.3, 0.4) is 0 Å². The van der Waals surface area contributed by atoms with Crippen LogP contribution in [-0.4, -0.2) is 22.8 Å². The maximum Gasteiger partial charge on any atom is 0.270 e. The Morgan fingerprint density at radius 3 is 2.94 bits per heavy atom. The molecule has 2 atom stereocenters. The average Bonchev–Trinajstić information content (AvgIpc) is 2.39. The molecule has 18 heavy (non-hydrogen) atoms. The SMILES string of the molecule is Cc1cccc(C(=O)NC2CCCCC2CCl)n1. The number of hydrogen-bond acceptors (Lipinski definition) is 2. The number of aromatic nitrogens is 1. The molecule has 0 spiro atoms. The van der Waals surface area contributed by atoms with E-state index in [2.05, 4.69) is 10.3 Å². The molecule has 1 aromatic heterocycles. The number of rotatable bonds is 3. The maximum atomic E-state index is 12.1. The van der Waals surface area contributed by atoms with E-state index >= 15 is 0 Å². The van der Waals surface area contributed by atoms with Crippen LogP contribution >= 0.6 is 11.6 Å². The van der Waals surface area contributed by atoms with E-state index in [-0.39, 0.29) is 11.9 Å². The highest BCUT2D eigenvalue weighted by molar-refractivity contribution is 6.18. The van der Waals surface area contributed by atoms with Gasteiger partial charge >= 0.3 is 0 Å². The lowest BCUT2D eigenvalue weighted by Gasteiger charge is -2.30. The summed E-state index contributed by atoms with van der Waals surface area (Å²) in [5.41, 5.74) is 1.36. The number of hydrogen-bond donors (Lipinski definition) is 1. The van der Waals surface area contributed by atoms with Crippen LogP contribution in [0.1, 0.15) is 41.9 Å². The van der Waals surface area contributed by atoms with Crippen molar-refractivity contribution in [2.24, 2.45) is 5.92 Å². The third-order valence-electron chi connectivity index (χ3n) is 3.54. The Labute approximate surface area is 113 Å². The zero-order valence-electron chi connectivity index (χ0n) is 10.7. The molecule has 1 aromatic rings. The number of aryl methyl sites for hydroxylation is 1. The Morgan fingerprint density at radius 1 is 1.44 bits per heavy atom. The molecule has 0 radical (unpaired) electrons. The topological polar surface area (TPSA) is 42.0 Å². The molecule has 1 heterocycles. The molecule has 98 valence electrons. The Kier molecular flexibility index (Phi) is 4.59.